The van der Waals surface area contributed by atoms with Crippen molar-refractivity contribution in [1.29, 1.82) is 0 Å². The van der Waals surface area contributed by atoms with E-state index in [0.29, 0.717) is 17.9 Å². The fourth-order valence-corrected chi connectivity index (χ4v) is 5.29. The van der Waals surface area contributed by atoms with Gasteiger partial charge in [-0.2, -0.15) is 11.8 Å². The molecule has 2 aliphatic carbocycles. The van der Waals surface area contributed by atoms with Gasteiger partial charge in [-0.1, -0.05) is 36.8 Å². The zero-order valence-corrected chi connectivity index (χ0v) is 12.5. The zero-order chi connectivity index (χ0) is 13.5. The van der Waals surface area contributed by atoms with Crippen LogP contribution in [0.1, 0.15) is 30.9 Å². The van der Waals surface area contributed by atoms with Crippen LogP contribution in [0.4, 0.5) is 0 Å². The summed E-state index contributed by atoms with van der Waals surface area (Å²) in [5.41, 5.74) is 1.30. The molecular formula is C17H21NOS. The molecule has 1 unspecified atom stereocenters. The summed E-state index contributed by atoms with van der Waals surface area (Å²) in [6.07, 6.45) is 3.93. The van der Waals surface area contributed by atoms with E-state index in [9.17, 15) is 4.79 Å². The third-order valence-corrected chi connectivity index (χ3v) is 6.31. The first-order chi connectivity index (χ1) is 9.86. The minimum Gasteiger partial charge on any atom is -0.334 e. The fourth-order valence-electron chi connectivity index (χ4n) is 4.20. The molecule has 0 N–H and O–H groups in total. The minimum atomic E-state index is 0.295. The molecule has 3 aliphatic rings. The first-order valence-corrected chi connectivity index (χ1v) is 8.95. The summed E-state index contributed by atoms with van der Waals surface area (Å²) in [6, 6.07) is 10.9. The van der Waals surface area contributed by atoms with E-state index in [1.165, 1.54) is 24.8 Å². The van der Waals surface area contributed by atoms with E-state index in [2.05, 4.69) is 35.2 Å². The third kappa shape index (κ3) is 2.07. The lowest BCUT2D eigenvalue weighted by Gasteiger charge is -2.36. The van der Waals surface area contributed by atoms with Gasteiger partial charge < -0.3 is 4.90 Å². The maximum Gasteiger partial charge on any atom is 0.226 e. The van der Waals surface area contributed by atoms with Gasteiger partial charge in [0.15, 0.2) is 0 Å². The normalized spacial score (nSPS) is 35.7. The Labute approximate surface area is 124 Å². The molecule has 4 atom stereocenters. The van der Waals surface area contributed by atoms with Gasteiger partial charge in [0, 0.05) is 24.0 Å². The van der Waals surface area contributed by atoms with Crippen LogP contribution in [0.5, 0.6) is 0 Å². The number of carbonyl (C=O) groups excluding carboxylic acids is 1. The summed E-state index contributed by atoms with van der Waals surface area (Å²) in [4.78, 5) is 15.1. The Kier molecular flexibility index (Phi) is 3.25. The van der Waals surface area contributed by atoms with Crippen molar-refractivity contribution in [3.8, 4) is 0 Å². The van der Waals surface area contributed by atoms with Crippen molar-refractivity contribution in [1.82, 2.24) is 4.90 Å². The van der Waals surface area contributed by atoms with Crippen LogP contribution in [0, 0.1) is 17.8 Å². The highest BCUT2D eigenvalue weighted by Crippen LogP contribution is 2.58. The summed E-state index contributed by atoms with van der Waals surface area (Å²) in [7, 11) is 0. The molecular weight excluding hydrogens is 266 g/mol. The number of amides is 1. The summed E-state index contributed by atoms with van der Waals surface area (Å²) in [5.74, 6) is 4.43. The Morgan fingerprint density at radius 3 is 2.65 bits per heavy atom. The van der Waals surface area contributed by atoms with Gasteiger partial charge in [0.1, 0.15) is 0 Å². The molecule has 0 aromatic heterocycles. The number of hydrogen-bond donors (Lipinski definition) is 0. The van der Waals surface area contributed by atoms with E-state index in [1.54, 1.807) is 0 Å². The molecule has 0 radical (unpaired) electrons. The van der Waals surface area contributed by atoms with Crippen LogP contribution < -0.4 is 0 Å². The van der Waals surface area contributed by atoms with Crippen molar-refractivity contribution < 1.29 is 4.79 Å². The molecule has 3 heteroatoms. The molecule has 1 aliphatic heterocycles. The second-order valence-corrected chi connectivity index (χ2v) is 7.47. The van der Waals surface area contributed by atoms with E-state index in [0.717, 1.165) is 29.9 Å². The van der Waals surface area contributed by atoms with Gasteiger partial charge in [-0.3, -0.25) is 4.79 Å². The number of fused-ring (bicyclic) bond motifs is 1. The molecule has 2 saturated carbocycles. The minimum absolute atomic E-state index is 0.295. The second-order valence-electron chi connectivity index (χ2n) is 6.32. The summed E-state index contributed by atoms with van der Waals surface area (Å²) < 4.78 is 0. The molecule has 2 nitrogen and oxygen atoms in total. The quantitative estimate of drug-likeness (QED) is 0.831. The number of hydrogen-bond acceptors (Lipinski definition) is 2. The molecule has 0 spiro atoms. The predicted octanol–water partition coefficient (Wildman–Crippen LogP) is 3.35. The van der Waals surface area contributed by atoms with Gasteiger partial charge in [0.25, 0.3) is 0 Å². The van der Waals surface area contributed by atoms with Crippen LogP contribution in [0.25, 0.3) is 0 Å². The number of carbonyl (C=O) groups is 1. The zero-order valence-electron chi connectivity index (χ0n) is 11.7. The third-order valence-electron chi connectivity index (χ3n) is 5.29. The number of nitrogens with zero attached hydrogens (tertiary/aromatic N) is 1. The van der Waals surface area contributed by atoms with Gasteiger partial charge in [0.2, 0.25) is 5.91 Å². The molecule has 1 amide bonds. The molecule has 3 fully saturated rings. The van der Waals surface area contributed by atoms with Crippen LogP contribution in [0.15, 0.2) is 30.3 Å². The van der Waals surface area contributed by atoms with Crippen molar-refractivity contribution in [3.63, 3.8) is 0 Å². The van der Waals surface area contributed by atoms with Crippen molar-refractivity contribution in [2.75, 3.05) is 18.1 Å². The Hall–Kier alpha value is -0.960. The SMILES string of the molecule is O=C(C1[C@H]2CCC[C@@H]12)N1CCSC[C@@H]1c1ccccc1. The van der Waals surface area contributed by atoms with Gasteiger partial charge in [-0.05, 0) is 30.2 Å². The monoisotopic (exact) mass is 287 g/mol. The van der Waals surface area contributed by atoms with Gasteiger partial charge in [-0.25, -0.2) is 0 Å². The second kappa shape index (κ2) is 5.10. The fraction of sp³-hybridized carbons (Fsp3) is 0.588. The van der Waals surface area contributed by atoms with Crippen LogP contribution >= 0.6 is 11.8 Å². The lowest BCUT2D eigenvalue weighted by Crippen LogP contribution is -2.42. The predicted molar refractivity (Wildman–Crippen MR) is 82.5 cm³/mol. The molecule has 1 aromatic rings. The molecule has 0 bridgehead atoms. The molecule has 4 rings (SSSR count). The Morgan fingerprint density at radius 1 is 1.15 bits per heavy atom. The standard InChI is InChI=1S/C17H21NOS/c19-17(16-13-7-4-8-14(13)16)18-9-10-20-11-15(18)12-5-2-1-3-6-12/h1-3,5-6,13-16H,4,7-11H2/t13-,14+,15-,16?/m1/s1. The van der Waals surface area contributed by atoms with Gasteiger partial charge >= 0.3 is 0 Å². The Balaban J connectivity index is 1.54. The summed E-state index contributed by atoms with van der Waals surface area (Å²) in [5, 5.41) is 0. The number of benzene rings is 1. The van der Waals surface area contributed by atoms with Crippen molar-refractivity contribution in [3.05, 3.63) is 35.9 Å². The van der Waals surface area contributed by atoms with Gasteiger partial charge in [-0.15, -0.1) is 0 Å². The van der Waals surface area contributed by atoms with Crippen molar-refractivity contribution in [2.24, 2.45) is 17.8 Å². The summed E-state index contributed by atoms with van der Waals surface area (Å²) in [6.45, 7) is 0.930. The molecule has 1 heterocycles. The molecule has 1 aromatic carbocycles. The first-order valence-electron chi connectivity index (χ1n) is 7.79. The van der Waals surface area contributed by atoms with Gasteiger partial charge in [0.05, 0.1) is 6.04 Å². The van der Waals surface area contributed by atoms with Crippen LogP contribution in [-0.2, 0) is 4.79 Å². The highest BCUT2D eigenvalue weighted by molar-refractivity contribution is 7.99. The van der Waals surface area contributed by atoms with E-state index < -0.39 is 0 Å². The molecule has 106 valence electrons. The lowest BCUT2D eigenvalue weighted by atomic mass is 10.0. The molecule has 1 saturated heterocycles. The summed E-state index contributed by atoms with van der Waals surface area (Å²) >= 11 is 1.98. The van der Waals surface area contributed by atoms with Crippen LogP contribution in [0.3, 0.4) is 0 Å². The van der Waals surface area contributed by atoms with Crippen LogP contribution in [-0.4, -0.2) is 28.9 Å². The van der Waals surface area contributed by atoms with E-state index in [1.807, 2.05) is 11.8 Å². The number of thioether (sulfide) groups is 1. The number of rotatable bonds is 2. The Bertz CT molecular complexity index is 493. The highest BCUT2D eigenvalue weighted by atomic mass is 32.2. The first kappa shape index (κ1) is 12.8. The van der Waals surface area contributed by atoms with Crippen LogP contribution in [0.2, 0.25) is 0 Å². The topological polar surface area (TPSA) is 20.3 Å². The average molecular weight is 287 g/mol. The average Bonchev–Trinajstić information content (AvgIpc) is 2.99. The lowest BCUT2D eigenvalue weighted by molar-refractivity contribution is -0.135. The van der Waals surface area contributed by atoms with E-state index in [4.69, 9.17) is 0 Å². The maximum absolute atomic E-state index is 12.9. The van der Waals surface area contributed by atoms with E-state index >= 15 is 0 Å². The highest BCUT2D eigenvalue weighted by Gasteiger charge is 2.58. The van der Waals surface area contributed by atoms with Crippen molar-refractivity contribution >= 4 is 17.7 Å². The maximum atomic E-state index is 12.9. The largest absolute Gasteiger partial charge is 0.334 e. The Morgan fingerprint density at radius 2 is 1.90 bits per heavy atom. The smallest absolute Gasteiger partial charge is 0.226 e. The van der Waals surface area contributed by atoms with E-state index in [-0.39, 0.29) is 0 Å². The van der Waals surface area contributed by atoms with Crippen molar-refractivity contribution in [2.45, 2.75) is 25.3 Å². The molecule has 20 heavy (non-hydrogen) atoms.